The van der Waals surface area contributed by atoms with Gasteiger partial charge < -0.3 is 19.0 Å². The second-order valence-electron chi connectivity index (χ2n) is 5.67. The van der Waals surface area contributed by atoms with Gasteiger partial charge in [-0.2, -0.15) is 0 Å². The zero-order valence-electron chi connectivity index (χ0n) is 11.9. The number of hydrogen-bond acceptors (Lipinski definition) is 6. The smallest absolute Gasteiger partial charge is 0.330 e. The van der Waals surface area contributed by atoms with E-state index in [-0.39, 0.29) is 0 Å². The molecule has 114 valence electrons. The minimum Gasteiger partial charge on any atom is -0.341 e. The summed E-state index contributed by atoms with van der Waals surface area (Å²) in [5, 5.41) is 0. The van der Waals surface area contributed by atoms with Crippen LogP contribution in [0.5, 0.6) is 0 Å². The van der Waals surface area contributed by atoms with Crippen LogP contribution in [0.15, 0.2) is 15.8 Å². The quantitative estimate of drug-likeness (QED) is 0.736. The summed E-state index contributed by atoms with van der Waals surface area (Å²) in [6.07, 6.45) is -0.799. The van der Waals surface area contributed by atoms with E-state index in [0.717, 1.165) is 0 Å². The van der Waals surface area contributed by atoms with Crippen molar-refractivity contribution in [3.8, 4) is 0 Å². The second kappa shape index (κ2) is 4.62. The molecule has 2 fully saturated rings. The Bertz CT molecular complexity index is 691. The topological polar surface area (TPSA) is 99.6 Å². The van der Waals surface area contributed by atoms with E-state index in [9.17, 15) is 14.4 Å². The molecule has 8 nitrogen and oxygen atoms in total. The number of nitrogens with zero attached hydrogens (tertiary/aromatic N) is 1. The third-order valence-corrected chi connectivity index (χ3v) is 3.62. The number of H-pyrrole nitrogens is 1. The van der Waals surface area contributed by atoms with E-state index in [0.29, 0.717) is 11.8 Å². The van der Waals surface area contributed by atoms with Crippen molar-refractivity contribution in [1.82, 2.24) is 9.55 Å². The van der Waals surface area contributed by atoms with Crippen LogP contribution in [0, 0.1) is 6.92 Å². The van der Waals surface area contributed by atoms with Crippen LogP contribution in [0.25, 0.3) is 0 Å². The van der Waals surface area contributed by atoms with E-state index in [1.807, 2.05) is 0 Å². The molecule has 8 heteroatoms. The summed E-state index contributed by atoms with van der Waals surface area (Å²) < 4.78 is 18.2. The number of ether oxygens (including phenoxy) is 3. The molecule has 2 saturated heterocycles. The fraction of sp³-hybridized carbons (Fsp3) is 0.615. The lowest BCUT2D eigenvalue weighted by Gasteiger charge is -2.23. The molecule has 2 aliphatic rings. The Hall–Kier alpha value is -1.77. The summed E-state index contributed by atoms with van der Waals surface area (Å²) in [6.45, 7) is 5.03. The highest BCUT2D eigenvalue weighted by molar-refractivity contribution is 5.58. The first kappa shape index (κ1) is 14.2. The van der Waals surface area contributed by atoms with Gasteiger partial charge in [0.25, 0.3) is 5.56 Å². The van der Waals surface area contributed by atoms with Gasteiger partial charge in [0.1, 0.15) is 18.3 Å². The number of hydrogen-bond donors (Lipinski definition) is 1. The minimum absolute atomic E-state index is 0.363. The molecule has 0 saturated carbocycles. The van der Waals surface area contributed by atoms with Crippen LogP contribution >= 0.6 is 0 Å². The van der Waals surface area contributed by atoms with E-state index in [4.69, 9.17) is 14.2 Å². The van der Waals surface area contributed by atoms with Crippen molar-refractivity contribution >= 4 is 6.29 Å². The molecule has 2 aliphatic heterocycles. The Morgan fingerprint density at radius 2 is 1.95 bits per heavy atom. The lowest BCUT2D eigenvalue weighted by atomic mass is 10.1. The van der Waals surface area contributed by atoms with Crippen molar-refractivity contribution in [1.29, 1.82) is 0 Å². The molecule has 21 heavy (non-hydrogen) atoms. The fourth-order valence-corrected chi connectivity index (χ4v) is 2.72. The molecular weight excluding hydrogens is 280 g/mol. The number of carbonyl (C=O) groups is 1. The Labute approximate surface area is 119 Å². The van der Waals surface area contributed by atoms with Crippen LogP contribution in [0.3, 0.4) is 0 Å². The number of carbonyl (C=O) groups excluding carboxylic acids is 1. The number of nitrogens with one attached hydrogen (secondary N) is 1. The lowest BCUT2D eigenvalue weighted by molar-refractivity contribution is -0.195. The minimum atomic E-state index is -0.862. The van der Waals surface area contributed by atoms with Gasteiger partial charge in [-0.15, -0.1) is 0 Å². The van der Waals surface area contributed by atoms with E-state index in [2.05, 4.69) is 4.98 Å². The zero-order valence-corrected chi connectivity index (χ0v) is 11.9. The molecule has 4 atom stereocenters. The van der Waals surface area contributed by atoms with Gasteiger partial charge in [0.05, 0.1) is 0 Å². The van der Waals surface area contributed by atoms with Crippen molar-refractivity contribution in [3.63, 3.8) is 0 Å². The number of fused-ring (bicyclic) bond motifs is 1. The Balaban J connectivity index is 2.03. The first-order valence-corrected chi connectivity index (χ1v) is 6.61. The van der Waals surface area contributed by atoms with Gasteiger partial charge in [0, 0.05) is 11.8 Å². The molecule has 0 aliphatic carbocycles. The summed E-state index contributed by atoms with van der Waals surface area (Å²) >= 11 is 0. The maximum absolute atomic E-state index is 12.0. The van der Waals surface area contributed by atoms with Gasteiger partial charge >= 0.3 is 5.69 Å². The van der Waals surface area contributed by atoms with Gasteiger partial charge in [0.15, 0.2) is 18.3 Å². The number of aldehydes is 1. The third-order valence-electron chi connectivity index (χ3n) is 3.62. The van der Waals surface area contributed by atoms with Gasteiger partial charge in [0.2, 0.25) is 0 Å². The van der Waals surface area contributed by atoms with Crippen LogP contribution < -0.4 is 11.2 Å². The number of aryl methyl sites for hydroxylation is 1. The molecule has 1 N–H and O–H groups in total. The van der Waals surface area contributed by atoms with Gasteiger partial charge in [-0.25, -0.2) is 4.79 Å². The standard InChI is InChI=1S/C13H16N2O6/c1-6-4-15(12(18)14-10(6)17)11-9-8(7(5-16)19-11)20-13(2,3)21-9/h4-5,7-9,11H,1-3H3,(H,14,17,18)/t7-,8-,9-,11-/m1/s1. The molecule has 0 bridgehead atoms. The molecule has 3 heterocycles. The SMILES string of the molecule is Cc1cn([C@@H]2O[C@H](C=O)[C@H]3OC(C)(C)O[C@H]32)c(=O)[nH]c1=O. The van der Waals surface area contributed by atoms with E-state index >= 15 is 0 Å². The zero-order chi connectivity index (χ0) is 15.4. The van der Waals surface area contributed by atoms with Gasteiger partial charge in [-0.3, -0.25) is 14.3 Å². The Morgan fingerprint density at radius 3 is 2.62 bits per heavy atom. The van der Waals surface area contributed by atoms with Crippen LogP contribution in [0.1, 0.15) is 25.6 Å². The van der Waals surface area contributed by atoms with Crippen molar-refractivity contribution in [3.05, 3.63) is 32.6 Å². The summed E-state index contributed by atoms with van der Waals surface area (Å²) in [4.78, 5) is 36.7. The van der Waals surface area contributed by atoms with Crippen LogP contribution in [-0.4, -0.2) is 39.9 Å². The fourth-order valence-electron chi connectivity index (χ4n) is 2.72. The molecule has 0 unspecified atom stereocenters. The largest absolute Gasteiger partial charge is 0.341 e. The first-order chi connectivity index (χ1) is 9.82. The average molecular weight is 296 g/mol. The van der Waals surface area contributed by atoms with Crippen molar-refractivity contribution < 1.29 is 19.0 Å². The molecular formula is C13H16N2O6. The first-order valence-electron chi connectivity index (χ1n) is 6.61. The summed E-state index contributed by atoms with van der Waals surface area (Å²) in [7, 11) is 0. The van der Waals surface area contributed by atoms with Crippen LogP contribution in [0.4, 0.5) is 0 Å². The highest BCUT2D eigenvalue weighted by Gasteiger charge is 2.56. The van der Waals surface area contributed by atoms with Crippen molar-refractivity contribution in [2.75, 3.05) is 0 Å². The number of aromatic nitrogens is 2. The van der Waals surface area contributed by atoms with E-state index in [1.54, 1.807) is 20.8 Å². The number of rotatable bonds is 2. The molecule has 0 spiro atoms. The van der Waals surface area contributed by atoms with E-state index in [1.165, 1.54) is 10.8 Å². The summed E-state index contributed by atoms with van der Waals surface area (Å²) in [5.41, 5.74) is -0.710. The highest BCUT2D eigenvalue weighted by atomic mass is 16.8. The summed E-state index contributed by atoms with van der Waals surface area (Å²) in [6, 6.07) is 0. The Kier molecular flexibility index (Phi) is 3.12. The van der Waals surface area contributed by atoms with Crippen LogP contribution in [-0.2, 0) is 19.0 Å². The molecule has 1 aromatic heterocycles. The predicted molar refractivity (Wildman–Crippen MR) is 69.9 cm³/mol. The maximum atomic E-state index is 12.0. The van der Waals surface area contributed by atoms with Gasteiger partial charge in [-0.1, -0.05) is 0 Å². The summed E-state index contributed by atoms with van der Waals surface area (Å²) in [5.74, 6) is -0.862. The highest BCUT2D eigenvalue weighted by Crippen LogP contribution is 2.41. The molecule has 1 aromatic rings. The average Bonchev–Trinajstić information content (AvgIpc) is 2.87. The molecule has 0 aromatic carbocycles. The van der Waals surface area contributed by atoms with Crippen LogP contribution in [0.2, 0.25) is 0 Å². The molecule has 3 rings (SSSR count). The maximum Gasteiger partial charge on any atom is 0.330 e. The van der Waals surface area contributed by atoms with E-state index < -0.39 is 41.6 Å². The molecule has 0 amide bonds. The van der Waals surface area contributed by atoms with Crippen molar-refractivity contribution in [2.45, 2.75) is 51.1 Å². The monoisotopic (exact) mass is 296 g/mol. The van der Waals surface area contributed by atoms with Gasteiger partial charge in [-0.05, 0) is 20.8 Å². The lowest BCUT2D eigenvalue weighted by Crippen LogP contribution is -2.38. The predicted octanol–water partition coefficient (Wildman–Crippen LogP) is -0.539. The Morgan fingerprint density at radius 1 is 1.29 bits per heavy atom. The van der Waals surface area contributed by atoms with Crippen molar-refractivity contribution in [2.24, 2.45) is 0 Å². The normalized spacial score (nSPS) is 33.9. The number of aromatic amines is 1. The third kappa shape index (κ3) is 2.25. The molecule has 0 radical (unpaired) electrons. The second-order valence-corrected chi connectivity index (χ2v) is 5.67.